The maximum absolute atomic E-state index is 12.4. The second-order valence-corrected chi connectivity index (χ2v) is 6.04. The molecule has 0 unspecified atom stereocenters. The van der Waals surface area contributed by atoms with Crippen LogP contribution in [-0.4, -0.2) is 14.3 Å². The summed E-state index contributed by atoms with van der Waals surface area (Å²) in [5.41, 5.74) is 2.92. The van der Waals surface area contributed by atoms with Crippen LogP contribution in [0.4, 0.5) is 5.69 Å². The van der Waals surface area contributed by atoms with Crippen molar-refractivity contribution < 1.29 is 13.2 Å². The van der Waals surface area contributed by atoms with Crippen molar-refractivity contribution in [2.75, 3.05) is 4.72 Å². The van der Waals surface area contributed by atoms with Crippen LogP contribution >= 0.6 is 0 Å². The highest BCUT2D eigenvalue weighted by Gasteiger charge is 2.19. The SMILES string of the molecule is Cc1ccccc1S(=O)(=O)Nc1ccccc1C(=O)NN. The average molecular weight is 305 g/mol. The number of hydrogen-bond acceptors (Lipinski definition) is 4. The lowest BCUT2D eigenvalue weighted by Crippen LogP contribution is -2.31. The molecule has 0 saturated carbocycles. The Hall–Kier alpha value is -2.38. The number of para-hydroxylation sites is 1. The van der Waals surface area contributed by atoms with Crippen molar-refractivity contribution in [3.63, 3.8) is 0 Å². The minimum absolute atomic E-state index is 0.150. The Labute approximate surface area is 123 Å². The molecule has 0 bridgehead atoms. The first kappa shape index (κ1) is 15.0. The van der Waals surface area contributed by atoms with E-state index >= 15 is 0 Å². The molecule has 0 atom stereocenters. The molecule has 0 aliphatic rings. The smallest absolute Gasteiger partial charge is 0.267 e. The molecule has 7 heteroatoms. The van der Waals surface area contributed by atoms with Crippen LogP contribution in [0, 0.1) is 6.92 Å². The highest BCUT2D eigenvalue weighted by molar-refractivity contribution is 7.92. The summed E-state index contributed by atoms with van der Waals surface area (Å²) in [6, 6.07) is 12.8. The molecule has 0 radical (unpaired) electrons. The van der Waals surface area contributed by atoms with E-state index in [0.717, 1.165) is 0 Å². The Kier molecular flexibility index (Phi) is 4.25. The number of amides is 1. The van der Waals surface area contributed by atoms with Gasteiger partial charge in [-0.1, -0.05) is 30.3 Å². The number of aryl methyl sites for hydroxylation is 1. The molecule has 1 amide bonds. The predicted octanol–water partition coefficient (Wildman–Crippen LogP) is 1.40. The number of nitrogens with two attached hydrogens (primary N) is 1. The zero-order chi connectivity index (χ0) is 15.5. The summed E-state index contributed by atoms with van der Waals surface area (Å²) in [6.07, 6.45) is 0. The van der Waals surface area contributed by atoms with E-state index in [9.17, 15) is 13.2 Å². The summed E-state index contributed by atoms with van der Waals surface area (Å²) in [5, 5.41) is 0. The van der Waals surface area contributed by atoms with E-state index in [1.54, 1.807) is 37.3 Å². The van der Waals surface area contributed by atoms with Gasteiger partial charge in [-0.05, 0) is 30.7 Å². The maximum atomic E-state index is 12.4. The molecule has 2 rings (SSSR count). The summed E-state index contributed by atoms with van der Waals surface area (Å²) in [5.74, 6) is 4.52. The van der Waals surface area contributed by atoms with Gasteiger partial charge in [0.2, 0.25) is 0 Å². The second kappa shape index (κ2) is 5.94. The van der Waals surface area contributed by atoms with Crippen LogP contribution in [0.15, 0.2) is 53.4 Å². The normalized spacial score (nSPS) is 11.0. The highest BCUT2D eigenvalue weighted by Crippen LogP contribution is 2.21. The number of hydrogen-bond donors (Lipinski definition) is 3. The van der Waals surface area contributed by atoms with Gasteiger partial charge in [0.25, 0.3) is 15.9 Å². The fraction of sp³-hybridized carbons (Fsp3) is 0.0714. The van der Waals surface area contributed by atoms with Gasteiger partial charge in [-0.25, -0.2) is 14.3 Å². The maximum Gasteiger partial charge on any atom is 0.267 e. The molecule has 0 fully saturated rings. The van der Waals surface area contributed by atoms with E-state index in [1.807, 2.05) is 5.43 Å². The van der Waals surface area contributed by atoms with Crippen molar-refractivity contribution in [3.8, 4) is 0 Å². The fourth-order valence-corrected chi connectivity index (χ4v) is 3.23. The van der Waals surface area contributed by atoms with Gasteiger partial charge in [-0.15, -0.1) is 0 Å². The summed E-state index contributed by atoms with van der Waals surface area (Å²) in [7, 11) is -3.78. The van der Waals surface area contributed by atoms with Gasteiger partial charge in [0.15, 0.2) is 0 Å². The van der Waals surface area contributed by atoms with Crippen molar-refractivity contribution >= 4 is 21.6 Å². The number of anilines is 1. The largest absolute Gasteiger partial charge is 0.290 e. The zero-order valence-corrected chi connectivity index (χ0v) is 12.1. The van der Waals surface area contributed by atoms with Crippen LogP contribution in [0.2, 0.25) is 0 Å². The third-order valence-electron chi connectivity index (χ3n) is 2.93. The Bertz CT molecular complexity index is 773. The van der Waals surface area contributed by atoms with Gasteiger partial charge in [-0.3, -0.25) is 14.9 Å². The van der Waals surface area contributed by atoms with Crippen LogP contribution in [0.1, 0.15) is 15.9 Å². The first-order chi connectivity index (χ1) is 9.95. The van der Waals surface area contributed by atoms with Crippen molar-refractivity contribution in [1.29, 1.82) is 0 Å². The predicted molar refractivity (Wildman–Crippen MR) is 80.1 cm³/mol. The van der Waals surface area contributed by atoms with Gasteiger partial charge in [0.1, 0.15) is 0 Å². The van der Waals surface area contributed by atoms with Gasteiger partial charge < -0.3 is 0 Å². The molecular formula is C14H15N3O3S. The molecular weight excluding hydrogens is 290 g/mol. The number of carbonyl (C=O) groups is 1. The van der Waals surface area contributed by atoms with Crippen molar-refractivity contribution in [1.82, 2.24) is 5.43 Å². The number of nitrogens with one attached hydrogen (secondary N) is 2. The quantitative estimate of drug-likeness (QED) is 0.451. The number of rotatable bonds is 4. The second-order valence-electron chi connectivity index (χ2n) is 4.39. The summed E-state index contributed by atoms with van der Waals surface area (Å²) < 4.78 is 27.2. The Balaban J connectivity index is 2.43. The van der Waals surface area contributed by atoms with E-state index in [0.29, 0.717) is 5.56 Å². The molecule has 0 spiro atoms. The molecule has 0 aromatic heterocycles. The summed E-state index contributed by atoms with van der Waals surface area (Å²) in [6.45, 7) is 1.70. The Morgan fingerprint density at radius 2 is 1.67 bits per heavy atom. The van der Waals surface area contributed by atoms with Gasteiger partial charge in [0, 0.05) is 0 Å². The molecule has 2 aromatic carbocycles. The average Bonchev–Trinajstić information content (AvgIpc) is 2.47. The highest BCUT2D eigenvalue weighted by atomic mass is 32.2. The molecule has 0 aliphatic heterocycles. The lowest BCUT2D eigenvalue weighted by Gasteiger charge is -2.13. The van der Waals surface area contributed by atoms with E-state index in [4.69, 9.17) is 5.84 Å². The van der Waals surface area contributed by atoms with Gasteiger partial charge in [0.05, 0.1) is 16.1 Å². The van der Waals surface area contributed by atoms with Gasteiger partial charge >= 0.3 is 0 Å². The number of carbonyl (C=O) groups excluding carboxylic acids is 1. The van der Waals surface area contributed by atoms with Crippen LogP contribution in [-0.2, 0) is 10.0 Å². The number of benzene rings is 2. The van der Waals surface area contributed by atoms with E-state index in [1.165, 1.54) is 18.2 Å². The molecule has 110 valence electrons. The molecule has 21 heavy (non-hydrogen) atoms. The Morgan fingerprint density at radius 1 is 1.05 bits per heavy atom. The minimum Gasteiger partial charge on any atom is -0.290 e. The monoisotopic (exact) mass is 305 g/mol. The number of nitrogen functional groups attached to an aromatic ring is 1. The van der Waals surface area contributed by atoms with Crippen molar-refractivity contribution in [2.45, 2.75) is 11.8 Å². The Morgan fingerprint density at radius 3 is 2.33 bits per heavy atom. The van der Waals surface area contributed by atoms with Crippen molar-refractivity contribution in [2.24, 2.45) is 5.84 Å². The van der Waals surface area contributed by atoms with Crippen LogP contribution in [0.25, 0.3) is 0 Å². The summed E-state index contributed by atoms with van der Waals surface area (Å²) >= 11 is 0. The molecule has 0 saturated heterocycles. The van der Waals surface area contributed by atoms with Crippen LogP contribution in [0.3, 0.4) is 0 Å². The zero-order valence-electron chi connectivity index (χ0n) is 11.3. The van der Waals surface area contributed by atoms with E-state index < -0.39 is 15.9 Å². The molecule has 4 N–H and O–H groups in total. The third-order valence-corrected chi connectivity index (χ3v) is 4.46. The fourth-order valence-electron chi connectivity index (χ4n) is 1.91. The topological polar surface area (TPSA) is 101 Å². The van der Waals surface area contributed by atoms with E-state index in [-0.39, 0.29) is 16.1 Å². The minimum atomic E-state index is -3.78. The third kappa shape index (κ3) is 3.21. The van der Waals surface area contributed by atoms with Crippen molar-refractivity contribution in [3.05, 3.63) is 59.7 Å². The van der Waals surface area contributed by atoms with Crippen LogP contribution < -0.4 is 16.0 Å². The summed E-state index contributed by atoms with van der Waals surface area (Å²) in [4.78, 5) is 11.8. The molecule has 6 nitrogen and oxygen atoms in total. The molecule has 0 heterocycles. The lowest BCUT2D eigenvalue weighted by molar-refractivity contribution is 0.0954. The first-order valence-electron chi connectivity index (χ1n) is 6.14. The van der Waals surface area contributed by atoms with E-state index in [2.05, 4.69) is 4.72 Å². The molecule has 0 aliphatic carbocycles. The first-order valence-corrected chi connectivity index (χ1v) is 7.62. The molecule has 2 aromatic rings. The number of sulfonamides is 1. The number of hydrazine groups is 1. The lowest BCUT2D eigenvalue weighted by atomic mass is 10.2. The standard InChI is InChI=1S/C14H15N3O3S/c1-10-6-2-5-9-13(10)21(19,20)17-12-8-4-3-7-11(12)14(18)16-15/h2-9,17H,15H2,1H3,(H,16,18). The van der Waals surface area contributed by atoms with Crippen LogP contribution in [0.5, 0.6) is 0 Å². The van der Waals surface area contributed by atoms with Gasteiger partial charge in [-0.2, -0.15) is 0 Å².